The smallest absolute Gasteiger partial charge is 0.287 e. The van der Waals surface area contributed by atoms with Crippen LogP contribution in [0.15, 0.2) is 114 Å². The van der Waals surface area contributed by atoms with Crippen LogP contribution >= 0.6 is 0 Å². The van der Waals surface area contributed by atoms with Crippen molar-refractivity contribution in [1.82, 2.24) is 10.7 Å². The molecule has 0 saturated heterocycles. The van der Waals surface area contributed by atoms with Gasteiger partial charge in [0, 0.05) is 25.3 Å². The molecule has 0 aliphatic carbocycles. The predicted octanol–water partition coefficient (Wildman–Crippen LogP) is 5.65. The summed E-state index contributed by atoms with van der Waals surface area (Å²) in [5, 5.41) is 6.84. The van der Waals surface area contributed by atoms with E-state index in [1.54, 1.807) is 42.5 Å². The van der Waals surface area contributed by atoms with Gasteiger partial charge in [-0.05, 0) is 72.2 Å². The second-order valence-corrected chi connectivity index (χ2v) is 9.48. The molecule has 0 aliphatic heterocycles. The highest BCUT2D eigenvalue weighted by molar-refractivity contribution is 6.05. The number of carbonyl (C=O) groups is 2. The van der Waals surface area contributed by atoms with Crippen LogP contribution in [0.25, 0.3) is 6.08 Å². The molecule has 0 bridgehead atoms. The van der Waals surface area contributed by atoms with Gasteiger partial charge in [0.1, 0.15) is 12.3 Å². The van der Waals surface area contributed by atoms with Crippen molar-refractivity contribution in [2.24, 2.45) is 5.10 Å². The van der Waals surface area contributed by atoms with Crippen LogP contribution in [-0.4, -0.2) is 38.7 Å². The molecular weight excluding hydrogens is 528 g/mol. The summed E-state index contributed by atoms with van der Waals surface area (Å²) in [5.41, 5.74) is 6.51. The molecule has 0 atom stereocenters. The summed E-state index contributed by atoms with van der Waals surface area (Å²) < 4.78 is 11.7. The molecule has 8 nitrogen and oxygen atoms in total. The van der Waals surface area contributed by atoms with Gasteiger partial charge in [-0.1, -0.05) is 60.7 Å². The minimum absolute atomic E-state index is 0.0540. The Bertz CT molecular complexity index is 1530. The fourth-order valence-corrected chi connectivity index (χ4v) is 3.93. The molecule has 0 radical (unpaired) electrons. The SMILES string of the molecule is CCOc1cc(/C=N\NC(=O)/C(=C\c2ccc(N(C)C)cc2)NC(=O)c2ccccc2)ccc1OCc1ccccc1. The maximum Gasteiger partial charge on any atom is 0.287 e. The van der Waals surface area contributed by atoms with Gasteiger partial charge < -0.3 is 19.7 Å². The van der Waals surface area contributed by atoms with Gasteiger partial charge in [-0.2, -0.15) is 5.10 Å². The normalized spacial score (nSPS) is 11.2. The van der Waals surface area contributed by atoms with E-state index in [-0.39, 0.29) is 5.70 Å². The van der Waals surface area contributed by atoms with Crippen molar-refractivity contribution in [3.8, 4) is 11.5 Å². The largest absolute Gasteiger partial charge is 0.490 e. The summed E-state index contributed by atoms with van der Waals surface area (Å²) in [6, 6.07) is 31.6. The molecule has 0 unspecified atom stereocenters. The molecule has 4 rings (SSSR count). The van der Waals surface area contributed by atoms with Crippen molar-refractivity contribution >= 4 is 29.8 Å². The topological polar surface area (TPSA) is 92.3 Å². The number of nitrogens with zero attached hydrogens (tertiary/aromatic N) is 2. The lowest BCUT2D eigenvalue weighted by atomic mass is 10.1. The average molecular weight is 563 g/mol. The molecule has 0 aromatic heterocycles. The molecule has 2 N–H and O–H groups in total. The highest BCUT2D eigenvalue weighted by Gasteiger charge is 2.14. The number of hydrogen-bond donors (Lipinski definition) is 2. The monoisotopic (exact) mass is 562 g/mol. The average Bonchev–Trinajstić information content (AvgIpc) is 3.01. The Morgan fingerprint density at radius 3 is 2.14 bits per heavy atom. The Morgan fingerprint density at radius 2 is 1.48 bits per heavy atom. The number of hydrogen-bond acceptors (Lipinski definition) is 6. The van der Waals surface area contributed by atoms with Crippen molar-refractivity contribution in [2.45, 2.75) is 13.5 Å². The van der Waals surface area contributed by atoms with Crippen LogP contribution in [0, 0.1) is 0 Å². The highest BCUT2D eigenvalue weighted by atomic mass is 16.5. The lowest BCUT2D eigenvalue weighted by Crippen LogP contribution is -2.32. The molecule has 0 fully saturated rings. The van der Waals surface area contributed by atoms with E-state index in [2.05, 4.69) is 15.8 Å². The van der Waals surface area contributed by atoms with E-state index < -0.39 is 11.8 Å². The Labute approximate surface area is 246 Å². The minimum atomic E-state index is -0.569. The van der Waals surface area contributed by atoms with Crippen LogP contribution < -0.4 is 25.1 Å². The molecule has 0 saturated carbocycles. The quantitative estimate of drug-likeness (QED) is 0.132. The molecule has 4 aromatic rings. The maximum atomic E-state index is 13.2. The molecule has 0 spiro atoms. The first-order chi connectivity index (χ1) is 20.4. The molecule has 214 valence electrons. The van der Waals surface area contributed by atoms with Gasteiger partial charge in [-0.25, -0.2) is 5.43 Å². The summed E-state index contributed by atoms with van der Waals surface area (Å²) in [4.78, 5) is 28.0. The van der Waals surface area contributed by atoms with Crippen LogP contribution in [0.5, 0.6) is 11.5 Å². The van der Waals surface area contributed by atoms with Crippen molar-refractivity contribution in [2.75, 3.05) is 25.6 Å². The van der Waals surface area contributed by atoms with Gasteiger partial charge in [0.25, 0.3) is 11.8 Å². The van der Waals surface area contributed by atoms with Gasteiger partial charge in [-0.3, -0.25) is 9.59 Å². The number of benzene rings is 4. The first-order valence-electron chi connectivity index (χ1n) is 13.6. The fourth-order valence-electron chi connectivity index (χ4n) is 3.93. The van der Waals surface area contributed by atoms with E-state index in [0.717, 1.165) is 16.8 Å². The lowest BCUT2D eigenvalue weighted by molar-refractivity contribution is -0.117. The van der Waals surface area contributed by atoms with E-state index in [1.807, 2.05) is 92.6 Å². The van der Waals surface area contributed by atoms with Gasteiger partial charge in [0.05, 0.1) is 12.8 Å². The zero-order valence-electron chi connectivity index (χ0n) is 23.9. The standard InChI is InChI=1S/C34H34N4O4/c1-4-41-32-22-27(17-20-31(32)42-24-26-11-7-5-8-12-26)23-35-37-34(40)30(36-33(39)28-13-9-6-10-14-28)21-25-15-18-29(19-16-25)38(2)3/h5-23H,4,24H2,1-3H3,(H,36,39)(H,37,40)/b30-21+,35-23-. The van der Waals surface area contributed by atoms with E-state index in [1.165, 1.54) is 6.21 Å². The Morgan fingerprint density at radius 1 is 0.810 bits per heavy atom. The summed E-state index contributed by atoms with van der Waals surface area (Å²) >= 11 is 0. The van der Waals surface area contributed by atoms with Crippen LogP contribution in [0.4, 0.5) is 5.69 Å². The van der Waals surface area contributed by atoms with Crippen LogP contribution in [0.1, 0.15) is 34.0 Å². The lowest BCUT2D eigenvalue weighted by Gasteiger charge is -2.13. The van der Waals surface area contributed by atoms with Gasteiger partial charge in [0.2, 0.25) is 0 Å². The summed E-state index contributed by atoms with van der Waals surface area (Å²) in [6.45, 7) is 2.77. The van der Waals surface area contributed by atoms with E-state index >= 15 is 0 Å². The second kappa shape index (κ2) is 14.9. The van der Waals surface area contributed by atoms with Crippen LogP contribution in [0.3, 0.4) is 0 Å². The van der Waals surface area contributed by atoms with Gasteiger partial charge >= 0.3 is 0 Å². The first kappa shape index (κ1) is 29.6. The number of rotatable bonds is 12. The fraction of sp³-hybridized carbons (Fsp3) is 0.147. The molecule has 8 heteroatoms. The summed E-state index contributed by atoms with van der Waals surface area (Å²) in [5.74, 6) is 0.204. The molecule has 42 heavy (non-hydrogen) atoms. The molecular formula is C34H34N4O4. The van der Waals surface area contributed by atoms with E-state index in [4.69, 9.17) is 9.47 Å². The Hall–Kier alpha value is -5.37. The molecule has 2 amide bonds. The number of nitrogens with one attached hydrogen (secondary N) is 2. The zero-order valence-corrected chi connectivity index (χ0v) is 23.9. The van der Waals surface area contributed by atoms with E-state index in [9.17, 15) is 9.59 Å². The summed E-state index contributed by atoms with van der Waals surface area (Å²) in [6.07, 6.45) is 3.11. The van der Waals surface area contributed by atoms with E-state index in [0.29, 0.717) is 35.8 Å². The van der Waals surface area contributed by atoms with Crippen molar-refractivity contribution in [1.29, 1.82) is 0 Å². The Kier molecular flexibility index (Phi) is 10.5. The number of anilines is 1. The van der Waals surface area contributed by atoms with Gasteiger partial charge in [-0.15, -0.1) is 0 Å². The van der Waals surface area contributed by atoms with Crippen molar-refractivity contribution < 1.29 is 19.1 Å². The van der Waals surface area contributed by atoms with Crippen LogP contribution in [-0.2, 0) is 11.4 Å². The third-order valence-electron chi connectivity index (χ3n) is 6.13. The predicted molar refractivity (Wildman–Crippen MR) is 167 cm³/mol. The number of carbonyl (C=O) groups excluding carboxylic acids is 2. The van der Waals surface area contributed by atoms with Gasteiger partial charge in [0.15, 0.2) is 11.5 Å². The molecule has 0 aliphatic rings. The number of hydrazone groups is 1. The van der Waals surface area contributed by atoms with Crippen molar-refractivity contribution in [3.63, 3.8) is 0 Å². The second-order valence-electron chi connectivity index (χ2n) is 9.48. The minimum Gasteiger partial charge on any atom is -0.490 e. The third kappa shape index (κ3) is 8.56. The van der Waals surface area contributed by atoms with Crippen LogP contribution in [0.2, 0.25) is 0 Å². The molecule has 4 aromatic carbocycles. The number of amides is 2. The zero-order chi connectivity index (χ0) is 29.7. The third-order valence-corrected chi connectivity index (χ3v) is 6.13. The number of ether oxygens (including phenoxy) is 2. The first-order valence-corrected chi connectivity index (χ1v) is 13.6. The Balaban J connectivity index is 1.49. The summed E-state index contributed by atoms with van der Waals surface area (Å²) in [7, 11) is 3.90. The maximum absolute atomic E-state index is 13.2. The molecule has 0 heterocycles. The highest BCUT2D eigenvalue weighted by Crippen LogP contribution is 2.29. The van der Waals surface area contributed by atoms with Crippen molar-refractivity contribution in [3.05, 3.63) is 131 Å².